The van der Waals surface area contributed by atoms with Crippen LogP contribution in [0.4, 0.5) is 0 Å². The SMILES string of the molecule is COC(=O)[C@]1(N)COc2cc(Br)ccc21. The smallest absolute Gasteiger partial charge is 0.334 e. The average Bonchev–Trinajstić information content (AvgIpc) is 2.56. The van der Waals surface area contributed by atoms with Gasteiger partial charge in [0.25, 0.3) is 0 Å². The highest BCUT2D eigenvalue weighted by atomic mass is 79.9. The summed E-state index contributed by atoms with van der Waals surface area (Å²) < 4.78 is 10.9. The zero-order valence-electron chi connectivity index (χ0n) is 8.12. The third-order valence-corrected chi connectivity index (χ3v) is 2.92. The number of hydrogen-bond donors (Lipinski definition) is 1. The molecule has 0 amide bonds. The van der Waals surface area contributed by atoms with Crippen molar-refractivity contribution in [2.45, 2.75) is 5.54 Å². The lowest BCUT2D eigenvalue weighted by Gasteiger charge is -2.18. The maximum Gasteiger partial charge on any atom is 0.334 e. The van der Waals surface area contributed by atoms with Crippen molar-refractivity contribution < 1.29 is 14.3 Å². The van der Waals surface area contributed by atoms with Crippen LogP contribution >= 0.6 is 15.9 Å². The number of methoxy groups -OCH3 is 1. The van der Waals surface area contributed by atoms with Crippen LogP contribution in [0.1, 0.15) is 5.56 Å². The molecule has 2 rings (SSSR count). The highest BCUT2D eigenvalue weighted by Crippen LogP contribution is 2.37. The number of benzene rings is 1. The molecular weight excluding hydrogens is 262 g/mol. The van der Waals surface area contributed by atoms with E-state index in [-0.39, 0.29) is 6.61 Å². The van der Waals surface area contributed by atoms with E-state index in [1.165, 1.54) is 7.11 Å². The lowest BCUT2D eigenvalue weighted by Crippen LogP contribution is -2.47. The van der Waals surface area contributed by atoms with Gasteiger partial charge >= 0.3 is 5.97 Å². The molecule has 0 aromatic heterocycles. The Morgan fingerprint density at radius 1 is 1.67 bits per heavy atom. The van der Waals surface area contributed by atoms with Gasteiger partial charge in [0.15, 0.2) is 5.54 Å². The number of carbonyl (C=O) groups excluding carboxylic acids is 1. The minimum Gasteiger partial charge on any atom is -0.490 e. The predicted molar refractivity (Wildman–Crippen MR) is 57.5 cm³/mol. The first kappa shape index (κ1) is 10.4. The molecule has 1 aromatic rings. The summed E-state index contributed by atoms with van der Waals surface area (Å²) in [5, 5.41) is 0. The predicted octanol–water partition coefficient (Wildman–Crippen LogP) is 1.17. The summed E-state index contributed by atoms with van der Waals surface area (Å²) in [6.45, 7) is 0.117. The minimum absolute atomic E-state index is 0.117. The van der Waals surface area contributed by atoms with E-state index in [1.807, 2.05) is 6.07 Å². The number of rotatable bonds is 1. The van der Waals surface area contributed by atoms with Crippen molar-refractivity contribution in [2.24, 2.45) is 5.73 Å². The van der Waals surface area contributed by atoms with Crippen LogP contribution in [0.3, 0.4) is 0 Å². The Morgan fingerprint density at radius 3 is 3.07 bits per heavy atom. The van der Waals surface area contributed by atoms with E-state index in [0.717, 1.165) is 4.47 Å². The number of ether oxygens (including phenoxy) is 2. The van der Waals surface area contributed by atoms with Crippen LogP contribution in [0.25, 0.3) is 0 Å². The molecule has 0 aliphatic carbocycles. The van der Waals surface area contributed by atoms with Crippen LogP contribution < -0.4 is 10.5 Å². The molecule has 2 N–H and O–H groups in total. The highest BCUT2D eigenvalue weighted by Gasteiger charge is 2.45. The van der Waals surface area contributed by atoms with E-state index >= 15 is 0 Å². The summed E-state index contributed by atoms with van der Waals surface area (Å²) in [6.07, 6.45) is 0. The van der Waals surface area contributed by atoms with Gasteiger partial charge in [-0.3, -0.25) is 0 Å². The van der Waals surface area contributed by atoms with Crippen molar-refractivity contribution in [3.8, 4) is 5.75 Å². The molecule has 1 heterocycles. The van der Waals surface area contributed by atoms with Gasteiger partial charge in [-0.1, -0.05) is 22.0 Å². The molecular formula is C10H10BrNO3. The lowest BCUT2D eigenvalue weighted by molar-refractivity contribution is -0.147. The Kier molecular flexibility index (Phi) is 2.44. The number of carbonyl (C=O) groups is 1. The first-order chi connectivity index (χ1) is 7.08. The monoisotopic (exact) mass is 271 g/mol. The van der Waals surface area contributed by atoms with Crippen molar-refractivity contribution in [3.05, 3.63) is 28.2 Å². The van der Waals surface area contributed by atoms with E-state index < -0.39 is 11.5 Å². The zero-order chi connectivity index (χ0) is 11.1. The van der Waals surface area contributed by atoms with E-state index in [1.54, 1.807) is 12.1 Å². The number of hydrogen-bond acceptors (Lipinski definition) is 4. The Morgan fingerprint density at radius 2 is 2.40 bits per heavy atom. The summed E-state index contributed by atoms with van der Waals surface area (Å²) in [5.74, 6) is 0.140. The summed E-state index contributed by atoms with van der Waals surface area (Å²) in [7, 11) is 1.31. The number of esters is 1. The molecule has 0 spiro atoms. The molecule has 0 fully saturated rings. The van der Waals surface area contributed by atoms with Gasteiger partial charge in [-0.25, -0.2) is 4.79 Å². The fourth-order valence-electron chi connectivity index (χ4n) is 1.60. The topological polar surface area (TPSA) is 61.5 Å². The molecule has 1 aromatic carbocycles. The third kappa shape index (κ3) is 1.52. The second-order valence-electron chi connectivity index (χ2n) is 3.39. The summed E-state index contributed by atoms with van der Waals surface area (Å²) >= 11 is 3.32. The summed E-state index contributed by atoms with van der Waals surface area (Å²) in [4.78, 5) is 11.5. The molecule has 0 bridgehead atoms. The maximum atomic E-state index is 11.5. The molecule has 0 saturated heterocycles. The third-order valence-electron chi connectivity index (χ3n) is 2.43. The van der Waals surface area contributed by atoms with Gasteiger partial charge in [-0.2, -0.15) is 0 Å². The Bertz CT molecular complexity index is 421. The summed E-state index contributed by atoms with van der Waals surface area (Å²) in [6, 6.07) is 5.37. The minimum atomic E-state index is -1.18. The second-order valence-corrected chi connectivity index (χ2v) is 4.31. The molecule has 1 aliphatic heterocycles. The van der Waals surface area contributed by atoms with Crippen LogP contribution in [-0.2, 0) is 15.1 Å². The van der Waals surface area contributed by atoms with Crippen LogP contribution in [0, 0.1) is 0 Å². The molecule has 0 radical (unpaired) electrons. The Hall–Kier alpha value is -1.07. The molecule has 80 valence electrons. The van der Waals surface area contributed by atoms with Crippen molar-refractivity contribution >= 4 is 21.9 Å². The summed E-state index contributed by atoms with van der Waals surface area (Å²) in [5.41, 5.74) is 5.45. The lowest BCUT2D eigenvalue weighted by atomic mass is 9.93. The largest absolute Gasteiger partial charge is 0.490 e. The fourth-order valence-corrected chi connectivity index (χ4v) is 1.94. The van der Waals surface area contributed by atoms with Crippen LogP contribution in [0.5, 0.6) is 5.75 Å². The van der Waals surface area contributed by atoms with Crippen LogP contribution in [0.2, 0.25) is 0 Å². The maximum absolute atomic E-state index is 11.5. The second kappa shape index (κ2) is 3.50. The molecule has 5 heteroatoms. The van der Waals surface area contributed by atoms with Crippen molar-refractivity contribution in [3.63, 3.8) is 0 Å². The van der Waals surface area contributed by atoms with E-state index in [2.05, 4.69) is 20.7 Å². The quantitative estimate of drug-likeness (QED) is 0.779. The molecule has 0 unspecified atom stereocenters. The molecule has 0 saturated carbocycles. The van der Waals surface area contributed by atoms with Crippen molar-refractivity contribution in [1.29, 1.82) is 0 Å². The average molecular weight is 272 g/mol. The highest BCUT2D eigenvalue weighted by molar-refractivity contribution is 9.10. The molecule has 4 nitrogen and oxygen atoms in total. The fraction of sp³-hybridized carbons (Fsp3) is 0.300. The number of halogens is 1. The van der Waals surface area contributed by atoms with E-state index in [4.69, 9.17) is 10.5 Å². The Labute approximate surface area is 95.5 Å². The van der Waals surface area contributed by atoms with Crippen molar-refractivity contribution in [1.82, 2.24) is 0 Å². The standard InChI is InChI=1S/C10H10BrNO3/c1-14-9(13)10(12)5-15-8-4-6(11)2-3-7(8)10/h2-4H,5,12H2,1H3/t10-/m0/s1. The van der Waals surface area contributed by atoms with Gasteiger partial charge in [0.1, 0.15) is 12.4 Å². The molecule has 1 atom stereocenters. The number of nitrogens with two attached hydrogens (primary N) is 1. The van der Waals surface area contributed by atoms with Gasteiger partial charge in [-0.15, -0.1) is 0 Å². The van der Waals surface area contributed by atoms with Gasteiger partial charge in [0.2, 0.25) is 0 Å². The van der Waals surface area contributed by atoms with Gasteiger partial charge in [-0.05, 0) is 12.1 Å². The first-order valence-electron chi connectivity index (χ1n) is 4.38. The zero-order valence-corrected chi connectivity index (χ0v) is 9.71. The van der Waals surface area contributed by atoms with E-state index in [0.29, 0.717) is 11.3 Å². The van der Waals surface area contributed by atoms with Gasteiger partial charge in [0.05, 0.1) is 7.11 Å². The van der Waals surface area contributed by atoms with Crippen LogP contribution in [0.15, 0.2) is 22.7 Å². The van der Waals surface area contributed by atoms with Crippen molar-refractivity contribution in [2.75, 3.05) is 13.7 Å². The van der Waals surface area contributed by atoms with E-state index in [9.17, 15) is 4.79 Å². The number of fused-ring (bicyclic) bond motifs is 1. The van der Waals surface area contributed by atoms with Crippen LogP contribution in [-0.4, -0.2) is 19.7 Å². The Balaban J connectivity index is 2.48. The van der Waals surface area contributed by atoms with Gasteiger partial charge < -0.3 is 15.2 Å². The van der Waals surface area contributed by atoms with Gasteiger partial charge in [0, 0.05) is 10.0 Å². The molecule has 15 heavy (non-hydrogen) atoms. The molecule has 1 aliphatic rings. The first-order valence-corrected chi connectivity index (χ1v) is 5.17. The normalized spacial score (nSPS) is 23.1.